The van der Waals surface area contributed by atoms with Gasteiger partial charge in [-0.05, 0) is 26.9 Å². The van der Waals surface area contributed by atoms with Crippen molar-refractivity contribution in [3.05, 3.63) is 0 Å². The summed E-state index contributed by atoms with van der Waals surface area (Å²) < 4.78 is 0. The predicted molar refractivity (Wildman–Crippen MR) is 63.2 cm³/mol. The highest BCUT2D eigenvalue weighted by molar-refractivity contribution is 6.27. The summed E-state index contributed by atoms with van der Waals surface area (Å²) in [5.41, 5.74) is 0. The van der Waals surface area contributed by atoms with Crippen molar-refractivity contribution in [2.24, 2.45) is 0 Å². The molecule has 0 unspecified atom stereocenters. The molecule has 0 spiro atoms. The third kappa shape index (κ3) is 3.08. The molecule has 0 heterocycles. The van der Waals surface area contributed by atoms with Gasteiger partial charge >= 0.3 is 0 Å². The van der Waals surface area contributed by atoms with Crippen molar-refractivity contribution in [1.82, 2.24) is 9.80 Å². The van der Waals surface area contributed by atoms with Crippen LogP contribution in [0.3, 0.4) is 0 Å². The highest BCUT2D eigenvalue weighted by atomic mass is 35.5. The van der Waals surface area contributed by atoms with Crippen molar-refractivity contribution in [2.75, 3.05) is 27.0 Å². The molecule has 4 heteroatoms. The first-order valence-electron chi connectivity index (χ1n) is 5.56. The van der Waals surface area contributed by atoms with Crippen molar-refractivity contribution in [3.8, 4) is 0 Å². The summed E-state index contributed by atoms with van der Waals surface area (Å²) in [6, 6.07) is 0.816. The van der Waals surface area contributed by atoms with E-state index in [2.05, 4.69) is 19.0 Å². The predicted octanol–water partition coefficient (Wildman–Crippen LogP) is 1.56. The number of hydrogen-bond donors (Lipinski definition) is 0. The Balaban J connectivity index is 2.67. The molecule has 0 radical (unpaired) electrons. The lowest BCUT2D eigenvalue weighted by Gasteiger charge is -2.41. The van der Waals surface area contributed by atoms with Gasteiger partial charge in [-0.3, -0.25) is 4.79 Å². The van der Waals surface area contributed by atoms with Crippen molar-refractivity contribution >= 4 is 17.5 Å². The van der Waals surface area contributed by atoms with Crippen LogP contribution in [0, 0.1) is 0 Å². The molecule has 0 aromatic carbocycles. The van der Waals surface area contributed by atoms with Crippen molar-refractivity contribution in [2.45, 2.75) is 37.8 Å². The Morgan fingerprint density at radius 3 is 2.20 bits per heavy atom. The summed E-state index contributed by atoms with van der Waals surface area (Å²) in [6.45, 7) is 0. The van der Waals surface area contributed by atoms with Gasteiger partial charge in [-0.1, -0.05) is 12.8 Å². The van der Waals surface area contributed by atoms with Gasteiger partial charge in [-0.25, -0.2) is 0 Å². The Labute approximate surface area is 97.4 Å². The summed E-state index contributed by atoms with van der Waals surface area (Å²) in [7, 11) is 6.04. The second-order valence-corrected chi connectivity index (χ2v) is 4.79. The Morgan fingerprint density at radius 2 is 1.73 bits per heavy atom. The maximum absolute atomic E-state index is 11.6. The lowest BCUT2D eigenvalue weighted by molar-refractivity contribution is -0.131. The minimum atomic E-state index is 0.0374. The average molecular weight is 233 g/mol. The van der Waals surface area contributed by atoms with E-state index >= 15 is 0 Å². The molecule has 1 rings (SSSR count). The minimum absolute atomic E-state index is 0.0374. The van der Waals surface area contributed by atoms with Gasteiger partial charge in [0.15, 0.2) is 0 Å². The lowest BCUT2D eigenvalue weighted by atomic mass is 9.88. The van der Waals surface area contributed by atoms with E-state index in [1.54, 1.807) is 0 Å². The summed E-state index contributed by atoms with van der Waals surface area (Å²) in [4.78, 5) is 15.6. The van der Waals surface area contributed by atoms with Crippen LogP contribution in [0.5, 0.6) is 0 Å². The van der Waals surface area contributed by atoms with Gasteiger partial charge in [0.05, 0.1) is 0 Å². The molecule has 2 atom stereocenters. The van der Waals surface area contributed by atoms with Gasteiger partial charge < -0.3 is 9.80 Å². The van der Waals surface area contributed by atoms with Crippen LogP contribution in [-0.2, 0) is 4.79 Å². The number of rotatable bonds is 3. The van der Waals surface area contributed by atoms with Gasteiger partial charge in [-0.2, -0.15) is 0 Å². The number of amides is 1. The molecule has 0 aliphatic heterocycles. The fraction of sp³-hybridized carbons (Fsp3) is 0.909. The SMILES string of the molecule is CN(C)[C@H]1CCCC[C@@H]1N(C)C(=O)CCl. The van der Waals surface area contributed by atoms with Crippen LogP contribution in [0.2, 0.25) is 0 Å². The monoisotopic (exact) mass is 232 g/mol. The summed E-state index contributed by atoms with van der Waals surface area (Å²) in [5.74, 6) is 0.128. The molecule has 0 aromatic rings. The highest BCUT2D eigenvalue weighted by Gasteiger charge is 2.31. The Kier molecular flexibility index (Phi) is 4.87. The summed E-state index contributed by atoms with van der Waals surface area (Å²) in [5, 5.41) is 0. The zero-order valence-electron chi connectivity index (χ0n) is 9.87. The number of hydrogen-bond acceptors (Lipinski definition) is 2. The molecular formula is C11H21ClN2O. The Morgan fingerprint density at radius 1 is 1.20 bits per heavy atom. The van der Waals surface area contributed by atoms with E-state index in [4.69, 9.17) is 11.6 Å². The van der Waals surface area contributed by atoms with E-state index in [0.29, 0.717) is 12.1 Å². The van der Waals surface area contributed by atoms with Gasteiger partial charge in [0.2, 0.25) is 5.91 Å². The van der Waals surface area contributed by atoms with Gasteiger partial charge in [0.1, 0.15) is 5.88 Å². The van der Waals surface area contributed by atoms with Crippen LogP contribution < -0.4 is 0 Å². The number of carbonyl (C=O) groups is 1. The minimum Gasteiger partial charge on any atom is -0.340 e. The number of carbonyl (C=O) groups excluding carboxylic acids is 1. The van der Waals surface area contributed by atoms with Crippen molar-refractivity contribution < 1.29 is 4.79 Å². The third-order valence-electron chi connectivity index (χ3n) is 3.36. The highest BCUT2D eigenvalue weighted by Crippen LogP contribution is 2.25. The molecule has 3 nitrogen and oxygen atoms in total. The Hall–Kier alpha value is -0.280. The second kappa shape index (κ2) is 5.71. The topological polar surface area (TPSA) is 23.6 Å². The molecule has 0 N–H and O–H groups in total. The standard InChI is InChI=1S/C11H21ClN2O/c1-13(2)9-6-4-5-7-10(9)14(3)11(15)8-12/h9-10H,4-8H2,1-3H3/t9-,10-/m0/s1. The van der Waals surface area contributed by atoms with Crippen molar-refractivity contribution in [3.63, 3.8) is 0 Å². The zero-order valence-corrected chi connectivity index (χ0v) is 10.6. The number of alkyl halides is 1. The van der Waals surface area contributed by atoms with E-state index in [9.17, 15) is 4.79 Å². The normalized spacial score (nSPS) is 26.7. The fourth-order valence-corrected chi connectivity index (χ4v) is 2.61. The molecule has 88 valence electrons. The van der Waals surface area contributed by atoms with Crippen molar-refractivity contribution in [1.29, 1.82) is 0 Å². The van der Waals surface area contributed by atoms with E-state index < -0.39 is 0 Å². The molecule has 1 aliphatic rings. The first-order valence-corrected chi connectivity index (χ1v) is 6.09. The van der Waals surface area contributed by atoms with Gasteiger partial charge in [0.25, 0.3) is 0 Å². The van der Waals surface area contributed by atoms with Crippen LogP contribution >= 0.6 is 11.6 Å². The molecule has 0 aromatic heterocycles. The van der Waals surface area contributed by atoms with Crippen LogP contribution in [-0.4, -0.2) is 54.8 Å². The molecule has 1 aliphatic carbocycles. The molecule has 15 heavy (non-hydrogen) atoms. The largest absolute Gasteiger partial charge is 0.340 e. The molecule has 1 fully saturated rings. The van der Waals surface area contributed by atoms with E-state index in [-0.39, 0.29) is 11.8 Å². The van der Waals surface area contributed by atoms with Crippen LogP contribution in [0.15, 0.2) is 0 Å². The van der Waals surface area contributed by atoms with Crippen LogP contribution in [0.4, 0.5) is 0 Å². The number of likely N-dealkylation sites (N-methyl/N-ethyl adjacent to an activating group) is 2. The average Bonchev–Trinajstić information content (AvgIpc) is 2.27. The quantitative estimate of drug-likeness (QED) is 0.690. The number of nitrogens with zero attached hydrogens (tertiary/aromatic N) is 2. The fourth-order valence-electron chi connectivity index (χ4n) is 2.43. The van der Waals surface area contributed by atoms with E-state index in [1.807, 2.05) is 11.9 Å². The molecular weight excluding hydrogens is 212 g/mol. The first kappa shape index (κ1) is 12.8. The van der Waals surface area contributed by atoms with Gasteiger partial charge in [0, 0.05) is 19.1 Å². The summed E-state index contributed by atoms with van der Waals surface area (Å²) >= 11 is 5.59. The van der Waals surface area contributed by atoms with Crippen LogP contribution in [0.25, 0.3) is 0 Å². The van der Waals surface area contributed by atoms with E-state index in [0.717, 1.165) is 6.42 Å². The second-order valence-electron chi connectivity index (χ2n) is 4.52. The van der Waals surface area contributed by atoms with Crippen LogP contribution in [0.1, 0.15) is 25.7 Å². The molecule has 1 saturated carbocycles. The maximum atomic E-state index is 11.6. The molecule has 0 bridgehead atoms. The van der Waals surface area contributed by atoms with E-state index in [1.165, 1.54) is 19.3 Å². The van der Waals surface area contributed by atoms with Gasteiger partial charge in [-0.15, -0.1) is 11.6 Å². The smallest absolute Gasteiger partial charge is 0.237 e. The zero-order chi connectivity index (χ0) is 11.4. The Bertz CT molecular complexity index is 221. The molecule has 1 amide bonds. The first-order chi connectivity index (χ1) is 7.07. The maximum Gasteiger partial charge on any atom is 0.237 e. The lowest BCUT2D eigenvalue weighted by Crippen LogP contribution is -2.52. The summed E-state index contributed by atoms with van der Waals surface area (Å²) in [6.07, 6.45) is 4.76. The number of halogens is 1. The molecule has 0 saturated heterocycles. The third-order valence-corrected chi connectivity index (χ3v) is 3.59.